The lowest BCUT2D eigenvalue weighted by molar-refractivity contribution is 0.0689. The van der Waals surface area contributed by atoms with E-state index >= 15 is 0 Å². The van der Waals surface area contributed by atoms with Crippen LogP contribution in [0.4, 0.5) is 4.39 Å². The highest BCUT2D eigenvalue weighted by molar-refractivity contribution is 5.94. The third-order valence-electron chi connectivity index (χ3n) is 4.67. The highest BCUT2D eigenvalue weighted by Gasteiger charge is 2.25. The van der Waals surface area contributed by atoms with Crippen molar-refractivity contribution in [2.75, 3.05) is 13.1 Å². The van der Waals surface area contributed by atoms with Crippen molar-refractivity contribution in [1.82, 2.24) is 19.7 Å². The maximum atomic E-state index is 13.0. The quantitative estimate of drug-likeness (QED) is 0.865. The molecule has 2 heterocycles. The fourth-order valence-electron chi connectivity index (χ4n) is 3.22. The van der Waals surface area contributed by atoms with Gasteiger partial charge in [-0.3, -0.25) is 4.79 Å². The number of halogens is 1. The molecule has 1 aliphatic heterocycles. The summed E-state index contributed by atoms with van der Waals surface area (Å²) >= 11 is 0. The minimum atomic E-state index is -0.320. The Hall–Kier alpha value is -2.24. The third kappa shape index (κ3) is 3.63. The third-order valence-corrected chi connectivity index (χ3v) is 4.67. The van der Waals surface area contributed by atoms with Gasteiger partial charge in [-0.05, 0) is 56.9 Å². The van der Waals surface area contributed by atoms with Gasteiger partial charge in [0.25, 0.3) is 5.91 Å². The van der Waals surface area contributed by atoms with Crippen LogP contribution in [-0.2, 0) is 6.42 Å². The Morgan fingerprint density at radius 1 is 1.25 bits per heavy atom. The molecule has 0 saturated carbocycles. The summed E-state index contributed by atoms with van der Waals surface area (Å²) in [5.74, 6) is 1.20. The molecule has 1 aromatic heterocycles. The van der Waals surface area contributed by atoms with Crippen LogP contribution in [0.25, 0.3) is 0 Å². The van der Waals surface area contributed by atoms with Crippen molar-refractivity contribution in [3.05, 3.63) is 47.8 Å². The summed E-state index contributed by atoms with van der Waals surface area (Å²) in [6.07, 6.45) is 4.60. The Morgan fingerprint density at radius 3 is 2.54 bits per heavy atom. The molecule has 1 aromatic carbocycles. The second-order valence-corrected chi connectivity index (χ2v) is 6.69. The van der Waals surface area contributed by atoms with Crippen LogP contribution >= 0.6 is 0 Å². The van der Waals surface area contributed by atoms with Gasteiger partial charge in [0.2, 0.25) is 0 Å². The summed E-state index contributed by atoms with van der Waals surface area (Å²) in [6, 6.07) is 6.12. The van der Waals surface area contributed by atoms with E-state index in [2.05, 4.69) is 28.6 Å². The largest absolute Gasteiger partial charge is 0.339 e. The number of likely N-dealkylation sites (tertiary alicyclic amines) is 1. The summed E-state index contributed by atoms with van der Waals surface area (Å²) < 4.78 is 15.1. The molecule has 0 aliphatic carbocycles. The summed E-state index contributed by atoms with van der Waals surface area (Å²) in [6.45, 7) is 5.71. The van der Waals surface area contributed by atoms with Gasteiger partial charge in [-0.1, -0.05) is 0 Å². The number of benzene rings is 1. The van der Waals surface area contributed by atoms with Crippen LogP contribution in [0.5, 0.6) is 0 Å². The number of nitrogens with zero attached hydrogens (tertiary/aromatic N) is 4. The van der Waals surface area contributed by atoms with Crippen LogP contribution in [0.1, 0.15) is 48.9 Å². The Morgan fingerprint density at radius 2 is 1.92 bits per heavy atom. The van der Waals surface area contributed by atoms with Gasteiger partial charge in [0.1, 0.15) is 18.0 Å². The number of hydrogen-bond donors (Lipinski definition) is 0. The van der Waals surface area contributed by atoms with E-state index in [-0.39, 0.29) is 11.7 Å². The second-order valence-electron chi connectivity index (χ2n) is 6.69. The molecule has 6 heteroatoms. The number of aromatic nitrogens is 3. The van der Waals surface area contributed by atoms with E-state index in [0.29, 0.717) is 17.5 Å². The SMILES string of the molecule is CC(C)n1cnnc1CC1CCN(C(=O)c2ccc(F)cc2)CC1. The molecule has 3 rings (SSSR count). The molecule has 2 aromatic rings. The monoisotopic (exact) mass is 330 g/mol. The van der Waals surface area contributed by atoms with Crippen LogP contribution in [0, 0.1) is 11.7 Å². The van der Waals surface area contributed by atoms with Gasteiger partial charge in [0.15, 0.2) is 0 Å². The lowest BCUT2D eigenvalue weighted by Gasteiger charge is -2.32. The van der Waals surface area contributed by atoms with Gasteiger partial charge in [-0.2, -0.15) is 0 Å². The van der Waals surface area contributed by atoms with Crippen molar-refractivity contribution < 1.29 is 9.18 Å². The minimum absolute atomic E-state index is 0.0150. The standard InChI is InChI=1S/C18H23FN4O/c1-13(2)23-12-20-21-17(23)11-14-7-9-22(10-8-14)18(24)15-3-5-16(19)6-4-15/h3-6,12-14H,7-11H2,1-2H3. The lowest BCUT2D eigenvalue weighted by Crippen LogP contribution is -2.39. The fourth-order valence-corrected chi connectivity index (χ4v) is 3.22. The summed E-state index contributed by atoms with van der Waals surface area (Å²) in [5.41, 5.74) is 0.550. The Bertz CT molecular complexity index is 687. The normalized spacial score (nSPS) is 15.9. The van der Waals surface area contributed by atoms with Crippen molar-refractivity contribution in [3.8, 4) is 0 Å². The maximum absolute atomic E-state index is 13.0. The van der Waals surface area contributed by atoms with E-state index in [4.69, 9.17) is 0 Å². The molecule has 1 saturated heterocycles. The molecule has 24 heavy (non-hydrogen) atoms. The van der Waals surface area contributed by atoms with Crippen LogP contribution in [0.15, 0.2) is 30.6 Å². The van der Waals surface area contributed by atoms with Gasteiger partial charge in [0, 0.05) is 31.1 Å². The molecular weight excluding hydrogens is 307 g/mol. The van der Waals surface area contributed by atoms with E-state index in [1.165, 1.54) is 12.1 Å². The Balaban J connectivity index is 1.56. The van der Waals surface area contributed by atoms with Crippen LogP contribution in [-0.4, -0.2) is 38.7 Å². The fraction of sp³-hybridized carbons (Fsp3) is 0.500. The van der Waals surface area contributed by atoms with E-state index < -0.39 is 0 Å². The summed E-state index contributed by atoms with van der Waals surface area (Å²) in [4.78, 5) is 14.3. The average molecular weight is 330 g/mol. The maximum Gasteiger partial charge on any atom is 0.253 e. The first-order valence-electron chi connectivity index (χ1n) is 8.48. The first kappa shape index (κ1) is 16.6. The molecule has 128 valence electrons. The van der Waals surface area contributed by atoms with E-state index in [0.717, 1.165) is 38.2 Å². The molecule has 0 spiro atoms. The lowest BCUT2D eigenvalue weighted by atomic mass is 9.92. The zero-order valence-corrected chi connectivity index (χ0v) is 14.2. The average Bonchev–Trinajstić information content (AvgIpc) is 3.04. The van der Waals surface area contributed by atoms with Crippen molar-refractivity contribution in [3.63, 3.8) is 0 Å². The van der Waals surface area contributed by atoms with Gasteiger partial charge in [-0.25, -0.2) is 4.39 Å². The number of hydrogen-bond acceptors (Lipinski definition) is 3. The number of rotatable bonds is 4. The van der Waals surface area contributed by atoms with E-state index in [1.54, 1.807) is 18.5 Å². The van der Waals surface area contributed by atoms with Crippen LogP contribution in [0.3, 0.4) is 0 Å². The van der Waals surface area contributed by atoms with Crippen molar-refractivity contribution in [2.45, 2.75) is 39.2 Å². The first-order chi connectivity index (χ1) is 11.5. The van der Waals surface area contributed by atoms with Gasteiger partial charge in [0.05, 0.1) is 0 Å². The van der Waals surface area contributed by atoms with E-state index in [1.807, 2.05) is 4.90 Å². The van der Waals surface area contributed by atoms with Gasteiger partial charge in [-0.15, -0.1) is 10.2 Å². The highest BCUT2D eigenvalue weighted by atomic mass is 19.1. The van der Waals surface area contributed by atoms with Crippen LogP contribution < -0.4 is 0 Å². The van der Waals surface area contributed by atoms with Crippen LogP contribution in [0.2, 0.25) is 0 Å². The predicted octanol–water partition coefficient (Wildman–Crippen LogP) is 3.09. The first-order valence-corrected chi connectivity index (χ1v) is 8.48. The topological polar surface area (TPSA) is 51.0 Å². The van der Waals surface area contributed by atoms with Gasteiger partial charge < -0.3 is 9.47 Å². The zero-order valence-electron chi connectivity index (χ0n) is 14.2. The molecule has 0 bridgehead atoms. The molecule has 0 N–H and O–H groups in total. The molecule has 0 unspecified atom stereocenters. The predicted molar refractivity (Wildman–Crippen MR) is 89.1 cm³/mol. The van der Waals surface area contributed by atoms with Crippen molar-refractivity contribution >= 4 is 5.91 Å². The smallest absolute Gasteiger partial charge is 0.253 e. The molecular formula is C18H23FN4O. The molecule has 1 fully saturated rings. The minimum Gasteiger partial charge on any atom is -0.339 e. The number of carbonyl (C=O) groups is 1. The molecule has 1 amide bonds. The molecule has 1 aliphatic rings. The van der Waals surface area contributed by atoms with Crippen molar-refractivity contribution in [2.24, 2.45) is 5.92 Å². The summed E-state index contributed by atoms with van der Waals surface area (Å²) in [7, 11) is 0. The number of carbonyl (C=O) groups excluding carboxylic acids is 1. The number of amides is 1. The molecule has 5 nitrogen and oxygen atoms in total. The summed E-state index contributed by atoms with van der Waals surface area (Å²) in [5, 5.41) is 8.26. The van der Waals surface area contributed by atoms with E-state index in [9.17, 15) is 9.18 Å². The zero-order chi connectivity index (χ0) is 17.1. The van der Waals surface area contributed by atoms with Crippen molar-refractivity contribution in [1.29, 1.82) is 0 Å². The highest BCUT2D eigenvalue weighted by Crippen LogP contribution is 2.23. The molecule has 0 radical (unpaired) electrons. The molecule has 0 atom stereocenters. The second kappa shape index (κ2) is 7.11. The van der Waals surface area contributed by atoms with Gasteiger partial charge >= 0.3 is 0 Å². The number of piperidine rings is 1. The Kier molecular flexibility index (Phi) is 4.92. The Labute approximate surface area is 141 Å².